The van der Waals surface area contributed by atoms with Crippen LogP contribution in [0, 0.1) is 5.92 Å². The van der Waals surface area contributed by atoms with Crippen molar-refractivity contribution in [2.75, 3.05) is 59.0 Å². The van der Waals surface area contributed by atoms with E-state index in [9.17, 15) is 0 Å². The Hall–Kier alpha value is -0.120. The molecule has 154 valence electrons. The molecule has 2 saturated heterocycles. The highest BCUT2D eigenvalue weighted by molar-refractivity contribution is 14.0. The lowest BCUT2D eigenvalue weighted by Crippen LogP contribution is -2.48. The third-order valence-electron chi connectivity index (χ3n) is 5.53. The van der Waals surface area contributed by atoms with Crippen LogP contribution in [0.5, 0.6) is 0 Å². The summed E-state index contributed by atoms with van der Waals surface area (Å²) in [6.07, 6.45) is 2.66. The molecular formula is C19H40IN5O. The summed E-state index contributed by atoms with van der Waals surface area (Å²) in [5, 5.41) is 6.92. The number of hydrogen-bond acceptors (Lipinski definition) is 4. The summed E-state index contributed by atoms with van der Waals surface area (Å²) in [6.45, 7) is 17.9. The molecule has 0 spiro atoms. The number of aliphatic imine (C=N–C) groups is 1. The molecule has 0 aliphatic carbocycles. The van der Waals surface area contributed by atoms with E-state index in [2.05, 4.69) is 48.1 Å². The van der Waals surface area contributed by atoms with E-state index in [1.165, 1.54) is 25.9 Å². The first-order chi connectivity index (χ1) is 12.1. The molecule has 0 radical (unpaired) electrons. The van der Waals surface area contributed by atoms with Crippen molar-refractivity contribution in [3.05, 3.63) is 0 Å². The summed E-state index contributed by atoms with van der Waals surface area (Å²) in [6, 6.07) is 1.01. The zero-order valence-corrected chi connectivity index (χ0v) is 19.5. The van der Waals surface area contributed by atoms with E-state index in [0.717, 1.165) is 57.8 Å². The van der Waals surface area contributed by atoms with Gasteiger partial charge >= 0.3 is 0 Å². The minimum Gasteiger partial charge on any atom is -0.379 e. The average Bonchev–Trinajstić information content (AvgIpc) is 2.64. The van der Waals surface area contributed by atoms with Crippen LogP contribution in [-0.2, 0) is 4.74 Å². The van der Waals surface area contributed by atoms with Crippen LogP contribution < -0.4 is 10.6 Å². The van der Waals surface area contributed by atoms with E-state index in [4.69, 9.17) is 9.73 Å². The topological polar surface area (TPSA) is 52.1 Å². The minimum absolute atomic E-state index is 0. The Bertz CT molecular complexity index is 395. The molecule has 2 N–H and O–H groups in total. The quantitative estimate of drug-likeness (QED) is 0.331. The van der Waals surface area contributed by atoms with Gasteiger partial charge < -0.3 is 15.4 Å². The smallest absolute Gasteiger partial charge is 0.191 e. The molecule has 2 atom stereocenters. The van der Waals surface area contributed by atoms with Gasteiger partial charge in [-0.1, -0.05) is 6.92 Å². The van der Waals surface area contributed by atoms with Crippen LogP contribution in [0.1, 0.15) is 40.5 Å². The van der Waals surface area contributed by atoms with Crippen molar-refractivity contribution in [3.8, 4) is 0 Å². The highest BCUT2D eigenvalue weighted by Gasteiger charge is 2.20. The van der Waals surface area contributed by atoms with Crippen LogP contribution in [0.3, 0.4) is 0 Å². The third kappa shape index (κ3) is 8.27. The Balaban J connectivity index is 0.00000338. The molecule has 6 nitrogen and oxygen atoms in total. The largest absolute Gasteiger partial charge is 0.379 e. The van der Waals surface area contributed by atoms with Gasteiger partial charge in [-0.15, -0.1) is 24.0 Å². The molecule has 2 aliphatic rings. The highest BCUT2D eigenvalue weighted by atomic mass is 127. The number of piperidine rings is 1. The molecule has 0 aromatic rings. The van der Waals surface area contributed by atoms with Gasteiger partial charge in [0, 0.05) is 38.3 Å². The molecular weight excluding hydrogens is 441 g/mol. The molecule has 26 heavy (non-hydrogen) atoms. The SMILES string of the molecule is CCNC(=NCC(C)N1CCOCC1)NCC(C)N1CCC(C)CC1.I. The van der Waals surface area contributed by atoms with Crippen molar-refractivity contribution < 1.29 is 4.74 Å². The van der Waals surface area contributed by atoms with Gasteiger partial charge in [-0.3, -0.25) is 14.8 Å². The number of rotatable bonds is 7. The van der Waals surface area contributed by atoms with Gasteiger partial charge in [-0.2, -0.15) is 0 Å². The molecule has 2 heterocycles. The molecule has 2 rings (SSSR count). The number of nitrogens with zero attached hydrogens (tertiary/aromatic N) is 3. The van der Waals surface area contributed by atoms with Crippen LogP contribution in [0.2, 0.25) is 0 Å². The number of likely N-dealkylation sites (tertiary alicyclic amines) is 1. The van der Waals surface area contributed by atoms with Gasteiger partial charge in [-0.05, 0) is 52.6 Å². The number of nitrogens with one attached hydrogen (secondary N) is 2. The lowest BCUT2D eigenvalue weighted by atomic mass is 9.98. The van der Waals surface area contributed by atoms with Gasteiger partial charge in [0.1, 0.15) is 0 Å². The summed E-state index contributed by atoms with van der Waals surface area (Å²) >= 11 is 0. The van der Waals surface area contributed by atoms with Crippen molar-refractivity contribution in [1.29, 1.82) is 0 Å². The van der Waals surface area contributed by atoms with E-state index < -0.39 is 0 Å². The molecule has 0 amide bonds. The van der Waals surface area contributed by atoms with E-state index in [1.54, 1.807) is 0 Å². The fraction of sp³-hybridized carbons (Fsp3) is 0.947. The van der Waals surface area contributed by atoms with Crippen LogP contribution in [0.25, 0.3) is 0 Å². The van der Waals surface area contributed by atoms with Crippen LogP contribution in [0.4, 0.5) is 0 Å². The zero-order valence-electron chi connectivity index (χ0n) is 17.2. The molecule has 0 aromatic heterocycles. The molecule has 0 bridgehead atoms. The van der Waals surface area contributed by atoms with Crippen LogP contribution in [0.15, 0.2) is 4.99 Å². The molecule has 7 heteroatoms. The van der Waals surface area contributed by atoms with Crippen molar-refractivity contribution in [2.24, 2.45) is 10.9 Å². The number of morpholine rings is 1. The van der Waals surface area contributed by atoms with Crippen molar-refractivity contribution in [3.63, 3.8) is 0 Å². The number of hydrogen-bond donors (Lipinski definition) is 2. The second kappa shape index (κ2) is 13.1. The van der Waals surface area contributed by atoms with Crippen molar-refractivity contribution >= 4 is 29.9 Å². The van der Waals surface area contributed by atoms with E-state index in [-0.39, 0.29) is 24.0 Å². The average molecular weight is 481 g/mol. The summed E-state index contributed by atoms with van der Waals surface area (Å²) in [5.74, 6) is 1.83. The number of guanidine groups is 1. The zero-order chi connectivity index (χ0) is 18.1. The van der Waals surface area contributed by atoms with Gasteiger partial charge in [0.25, 0.3) is 0 Å². The Labute approximate surface area is 177 Å². The molecule has 0 saturated carbocycles. The Kier molecular flexibility index (Phi) is 12.1. The lowest BCUT2D eigenvalue weighted by molar-refractivity contribution is 0.0220. The van der Waals surface area contributed by atoms with E-state index in [1.807, 2.05) is 0 Å². The molecule has 2 fully saturated rings. The van der Waals surface area contributed by atoms with Crippen LogP contribution >= 0.6 is 24.0 Å². The monoisotopic (exact) mass is 481 g/mol. The minimum atomic E-state index is 0. The predicted molar refractivity (Wildman–Crippen MR) is 121 cm³/mol. The molecule has 2 aliphatic heterocycles. The first kappa shape index (κ1) is 23.9. The Morgan fingerprint density at radius 2 is 1.65 bits per heavy atom. The van der Waals surface area contributed by atoms with Crippen molar-refractivity contribution in [2.45, 2.75) is 52.6 Å². The number of halogens is 1. The Morgan fingerprint density at radius 1 is 1.04 bits per heavy atom. The van der Waals surface area contributed by atoms with Gasteiger partial charge in [0.2, 0.25) is 0 Å². The first-order valence-electron chi connectivity index (χ1n) is 10.2. The fourth-order valence-electron chi connectivity index (χ4n) is 3.54. The maximum absolute atomic E-state index is 5.44. The summed E-state index contributed by atoms with van der Waals surface area (Å²) < 4.78 is 5.44. The lowest BCUT2D eigenvalue weighted by Gasteiger charge is -2.35. The second-order valence-corrected chi connectivity index (χ2v) is 7.67. The van der Waals surface area contributed by atoms with Gasteiger partial charge in [0.15, 0.2) is 5.96 Å². The summed E-state index contributed by atoms with van der Waals surface area (Å²) in [4.78, 5) is 9.88. The molecule has 2 unspecified atom stereocenters. The second-order valence-electron chi connectivity index (χ2n) is 7.67. The van der Waals surface area contributed by atoms with Crippen LogP contribution in [-0.4, -0.2) is 86.9 Å². The van der Waals surface area contributed by atoms with E-state index >= 15 is 0 Å². The van der Waals surface area contributed by atoms with E-state index in [0.29, 0.717) is 12.1 Å². The predicted octanol–water partition coefficient (Wildman–Crippen LogP) is 2.00. The summed E-state index contributed by atoms with van der Waals surface area (Å²) in [7, 11) is 0. The fourth-order valence-corrected chi connectivity index (χ4v) is 3.54. The maximum Gasteiger partial charge on any atom is 0.191 e. The summed E-state index contributed by atoms with van der Waals surface area (Å²) in [5.41, 5.74) is 0. The normalized spacial score (nSPS) is 23.2. The molecule has 0 aromatic carbocycles. The van der Waals surface area contributed by atoms with Gasteiger partial charge in [0.05, 0.1) is 19.8 Å². The highest BCUT2D eigenvalue weighted by Crippen LogP contribution is 2.17. The third-order valence-corrected chi connectivity index (χ3v) is 5.53. The van der Waals surface area contributed by atoms with Gasteiger partial charge in [-0.25, -0.2) is 0 Å². The maximum atomic E-state index is 5.44. The van der Waals surface area contributed by atoms with Crippen molar-refractivity contribution in [1.82, 2.24) is 20.4 Å². The first-order valence-corrected chi connectivity index (χ1v) is 10.2. The standard InChI is InChI=1S/C19H39N5O.HI/c1-5-20-19(22-15-18(4)24-10-12-25-13-11-24)21-14-17(3)23-8-6-16(2)7-9-23;/h16-18H,5-15H2,1-4H3,(H2,20,21,22);1H. The number of ether oxygens (including phenoxy) is 1. The Morgan fingerprint density at radius 3 is 2.27 bits per heavy atom.